The van der Waals surface area contributed by atoms with Gasteiger partial charge in [0.05, 0.1) is 19.0 Å². The number of rotatable bonds is 5. The van der Waals surface area contributed by atoms with Crippen LogP contribution in [-0.2, 0) is 4.79 Å². The SMILES string of the molecule is COc1ccc(C(C)C)cc1/C=C(\C#N)C(=O)Nc1cccnc1. The van der Waals surface area contributed by atoms with Crippen molar-refractivity contribution in [1.82, 2.24) is 4.98 Å². The standard InChI is InChI=1S/C19H19N3O2/c1-13(2)14-6-7-18(24-3)15(9-14)10-16(11-20)19(23)22-17-5-4-8-21-12-17/h4-10,12-13H,1-3H3,(H,22,23)/b16-10+. The van der Waals surface area contributed by atoms with E-state index in [9.17, 15) is 10.1 Å². The van der Waals surface area contributed by atoms with Gasteiger partial charge in [0, 0.05) is 11.8 Å². The van der Waals surface area contributed by atoms with Crippen LogP contribution in [0.5, 0.6) is 5.75 Å². The minimum atomic E-state index is -0.484. The molecular formula is C19H19N3O2. The van der Waals surface area contributed by atoms with Gasteiger partial charge in [-0.15, -0.1) is 0 Å². The third kappa shape index (κ3) is 4.20. The molecule has 1 aromatic heterocycles. The van der Waals surface area contributed by atoms with E-state index in [1.807, 2.05) is 24.3 Å². The molecule has 0 unspecified atom stereocenters. The van der Waals surface area contributed by atoms with Crippen molar-refractivity contribution >= 4 is 17.7 Å². The van der Waals surface area contributed by atoms with Crippen LogP contribution in [0.15, 0.2) is 48.3 Å². The Labute approximate surface area is 141 Å². The zero-order valence-electron chi connectivity index (χ0n) is 13.9. The van der Waals surface area contributed by atoms with E-state index < -0.39 is 5.91 Å². The van der Waals surface area contributed by atoms with Crippen LogP contribution in [0.2, 0.25) is 0 Å². The van der Waals surface area contributed by atoms with Crippen LogP contribution >= 0.6 is 0 Å². The second-order valence-corrected chi connectivity index (χ2v) is 5.52. The van der Waals surface area contributed by atoms with Gasteiger partial charge in [0.15, 0.2) is 0 Å². The number of aromatic nitrogens is 1. The number of anilines is 1. The maximum Gasteiger partial charge on any atom is 0.266 e. The van der Waals surface area contributed by atoms with Crippen LogP contribution in [0.25, 0.3) is 6.08 Å². The Morgan fingerprint density at radius 1 is 1.38 bits per heavy atom. The van der Waals surface area contributed by atoms with E-state index in [0.717, 1.165) is 5.56 Å². The van der Waals surface area contributed by atoms with Gasteiger partial charge in [-0.3, -0.25) is 9.78 Å². The average molecular weight is 321 g/mol. The number of nitrogens with zero attached hydrogens (tertiary/aromatic N) is 2. The van der Waals surface area contributed by atoms with Crippen LogP contribution in [0.4, 0.5) is 5.69 Å². The predicted octanol–water partition coefficient (Wildman–Crippen LogP) is 3.76. The number of carbonyl (C=O) groups is 1. The van der Waals surface area contributed by atoms with E-state index >= 15 is 0 Å². The van der Waals surface area contributed by atoms with Gasteiger partial charge in [-0.2, -0.15) is 5.26 Å². The van der Waals surface area contributed by atoms with E-state index in [1.165, 1.54) is 12.3 Å². The molecule has 0 aliphatic heterocycles. The quantitative estimate of drug-likeness (QED) is 0.672. The van der Waals surface area contributed by atoms with Crippen LogP contribution in [0.1, 0.15) is 30.9 Å². The molecule has 1 heterocycles. The fourth-order valence-electron chi connectivity index (χ4n) is 2.16. The topological polar surface area (TPSA) is 75.0 Å². The second kappa shape index (κ2) is 7.93. The Bertz CT molecular complexity index is 790. The van der Waals surface area contributed by atoms with Crippen molar-refractivity contribution < 1.29 is 9.53 Å². The first-order chi connectivity index (χ1) is 11.5. The summed E-state index contributed by atoms with van der Waals surface area (Å²) in [5.41, 5.74) is 2.33. The van der Waals surface area contributed by atoms with Crippen molar-refractivity contribution in [3.63, 3.8) is 0 Å². The van der Waals surface area contributed by atoms with Gasteiger partial charge in [-0.05, 0) is 41.8 Å². The zero-order chi connectivity index (χ0) is 17.5. The molecule has 0 bridgehead atoms. The molecule has 0 radical (unpaired) electrons. The fourth-order valence-corrected chi connectivity index (χ4v) is 2.16. The van der Waals surface area contributed by atoms with Crippen molar-refractivity contribution in [3.05, 3.63) is 59.4 Å². The Morgan fingerprint density at radius 3 is 2.75 bits per heavy atom. The molecule has 2 aromatic rings. The lowest BCUT2D eigenvalue weighted by Crippen LogP contribution is -2.13. The van der Waals surface area contributed by atoms with Gasteiger partial charge in [0.25, 0.3) is 5.91 Å². The van der Waals surface area contributed by atoms with Gasteiger partial charge >= 0.3 is 0 Å². The lowest BCUT2D eigenvalue weighted by molar-refractivity contribution is -0.112. The van der Waals surface area contributed by atoms with E-state index in [0.29, 0.717) is 22.9 Å². The molecule has 0 saturated heterocycles. The zero-order valence-corrected chi connectivity index (χ0v) is 13.9. The molecule has 1 aromatic carbocycles. The Kier molecular flexibility index (Phi) is 5.69. The summed E-state index contributed by atoms with van der Waals surface area (Å²) in [6.07, 6.45) is 4.67. The molecule has 0 fully saturated rings. The summed E-state index contributed by atoms with van der Waals surface area (Å²) in [5, 5.41) is 12.0. The van der Waals surface area contributed by atoms with Gasteiger partial charge in [0.2, 0.25) is 0 Å². The summed E-state index contributed by atoms with van der Waals surface area (Å²) < 4.78 is 5.33. The smallest absolute Gasteiger partial charge is 0.266 e. The van der Waals surface area contributed by atoms with Crippen LogP contribution in [0.3, 0.4) is 0 Å². The first kappa shape index (κ1) is 17.2. The van der Waals surface area contributed by atoms with Crippen molar-refractivity contribution in [2.24, 2.45) is 0 Å². The summed E-state index contributed by atoms with van der Waals surface area (Å²) in [6, 6.07) is 11.1. The summed E-state index contributed by atoms with van der Waals surface area (Å²) in [5.74, 6) is 0.460. The molecule has 5 nitrogen and oxygen atoms in total. The molecule has 24 heavy (non-hydrogen) atoms. The molecule has 0 atom stereocenters. The van der Waals surface area contributed by atoms with Crippen LogP contribution < -0.4 is 10.1 Å². The normalized spacial score (nSPS) is 11.0. The van der Waals surface area contributed by atoms with Crippen LogP contribution in [-0.4, -0.2) is 18.0 Å². The van der Waals surface area contributed by atoms with Gasteiger partial charge in [-0.1, -0.05) is 19.9 Å². The Balaban J connectivity index is 2.34. The molecule has 0 saturated carbocycles. The number of pyridine rings is 1. The Hall–Kier alpha value is -3.13. The first-order valence-corrected chi connectivity index (χ1v) is 7.56. The van der Waals surface area contributed by atoms with Crippen LogP contribution in [0, 0.1) is 11.3 Å². The van der Waals surface area contributed by atoms with Gasteiger partial charge < -0.3 is 10.1 Å². The highest BCUT2D eigenvalue weighted by Gasteiger charge is 2.12. The summed E-state index contributed by atoms with van der Waals surface area (Å²) >= 11 is 0. The lowest BCUT2D eigenvalue weighted by atomic mass is 9.99. The maximum atomic E-state index is 12.3. The van der Waals surface area contributed by atoms with E-state index in [4.69, 9.17) is 4.74 Å². The molecule has 0 spiro atoms. The van der Waals surface area contributed by atoms with Gasteiger partial charge in [0.1, 0.15) is 17.4 Å². The largest absolute Gasteiger partial charge is 0.496 e. The highest BCUT2D eigenvalue weighted by Crippen LogP contribution is 2.26. The predicted molar refractivity (Wildman–Crippen MR) is 93.5 cm³/mol. The number of hydrogen-bond acceptors (Lipinski definition) is 4. The fraction of sp³-hybridized carbons (Fsp3) is 0.211. The summed E-state index contributed by atoms with van der Waals surface area (Å²) in [7, 11) is 1.56. The minimum absolute atomic E-state index is 0.00180. The molecular weight excluding hydrogens is 302 g/mol. The summed E-state index contributed by atoms with van der Waals surface area (Å²) in [4.78, 5) is 16.2. The summed E-state index contributed by atoms with van der Waals surface area (Å²) in [6.45, 7) is 4.16. The average Bonchev–Trinajstić information content (AvgIpc) is 2.60. The highest BCUT2D eigenvalue weighted by atomic mass is 16.5. The molecule has 122 valence electrons. The number of methoxy groups -OCH3 is 1. The van der Waals surface area contributed by atoms with Crippen molar-refractivity contribution in [2.45, 2.75) is 19.8 Å². The third-order valence-corrected chi connectivity index (χ3v) is 3.50. The van der Waals surface area contributed by atoms with E-state index in [1.54, 1.807) is 25.4 Å². The number of carbonyl (C=O) groups excluding carboxylic acids is 1. The second-order valence-electron chi connectivity index (χ2n) is 5.52. The van der Waals surface area contributed by atoms with Crippen molar-refractivity contribution in [2.75, 3.05) is 12.4 Å². The molecule has 1 amide bonds. The number of benzene rings is 1. The van der Waals surface area contributed by atoms with E-state index in [-0.39, 0.29) is 5.57 Å². The highest BCUT2D eigenvalue weighted by molar-refractivity contribution is 6.09. The maximum absolute atomic E-state index is 12.3. The number of hydrogen-bond donors (Lipinski definition) is 1. The number of ether oxygens (including phenoxy) is 1. The number of nitrogens with one attached hydrogen (secondary N) is 1. The lowest BCUT2D eigenvalue weighted by Gasteiger charge is -2.11. The van der Waals surface area contributed by atoms with Crippen molar-refractivity contribution in [1.29, 1.82) is 5.26 Å². The molecule has 0 aliphatic rings. The minimum Gasteiger partial charge on any atom is -0.496 e. The molecule has 1 N–H and O–H groups in total. The molecule has 2 rings (SSSR count). The van der Waals surface area contributed by atoms with Gasteiger partial charge in [-0.25, -0.2) is 0 Å². The first-order valence-electron chi connectivity index (χ1n) is 7.56. The number of nitriles is 1. The van der Waals surface area contributed by atoms with E-state index in [2.05, 4.69) is 24.1 Å². The Morgan fingerprint density at radius 2 is 2.17 bits per heavy atom. The third-order valence-electron chi connectivity index (χ3n) is 3.50. The monoisotopic (exact) mass is 321 g/mol. The molecule has 0 aliphatic carbocycles. The van der Waals surface area contributed by atoms with Crippen molar-refractivity contribution in [3.8, 4) is 11.8 Å². The molecule has 5 heteroatoms. The number of amides is 1.